The molecule has 0 atom stereocenters. The summed E-state index contributed by atoms with van der Waals surface area (Å²) in [7, 11) is 2.57. The van der Waals surface area contributed by atoms with Crippen molar-refractivity contribution in [2.75, 3.05) is 34.5 Å². The second-order valence-electron chi connectivity index (χ2n) is 4.24. The number of rotatable bonds is 10. The molecule has 4 nitrogen and oxygen atoms in total. The van der Waals surface area contributed by atoms with Gasteiger partial charge in [0.05, 0.1) is 0 Å². The number of ether oxygens (including phenoxy) is 1. The summed E-state index contributed by atoms with van der Waals surface area (Å²) in [5.41, 5.74) is 0. The molecule has 0 aromatic heterocycles. The molecule has 96 valence electrons. The van der Waals surface area contributed by atoms with Crippen molar-refractivity contribution in [1.82, 2.24) is 0 Å². The Hall–Kier alpha value is 0.0569. The van der Waals surface area contributed by atoms with Gasteiger partial charge in [-0.1, -0.05) is 12.8 Å². The fourth-order valence-corrected chi connectivity index (χ4v) is 3.40. The lowest BCUT2D eigenvalue weighted by Gasteiger charge is -2.24. The van der Waals surface area contributed by atoms with Gasteiger partial charge in [-0.2, -0.15) is 0 Å². The van der Waals surface area contributed by atoms with Crippen LogP contribution in [0.1, 0.15) is 25.7 Å². The second kappa shape index (κ2) is 7.40. The van der Waals surface area contributed by atoms with Crippen molar-refractivity contribution in [3.8, 4) is 0 Å². The quantitative estimate of drug-likeness (QED) is 0.438. The van der Waals surface area contributed by atoms with Crippen LogP contribution in [0.3, 0.4) is 0 Å². The van der Waals surface area contributed by atoms with Gasteiger partial charge in [-0.25, -0.2) is 0 Å². The smallest absolute Gasteiger partial charge is 0.381 e. The van der Waals surface area contributed by atoms with Crippen LogP contribution in [0.2, 0.25) is 6.04 Å². The minimum absolute atomic E-state index is 0.775. The van der Waals surface area contributed by atoms with Gasteiger partial charge in [0, 0.05) is 40.6 Å². The van der Waals surface area contributed by atoms with Gasteiger partial charge in [0.1, 0.15) is 0 Å². The first kappa shape index (κ1) is 14.1. The summed E-state index contributed by atoms with van der Waals surface area (Å²) in [5, 5.41) is 0. The molecule has 1 saturated carbocycles. The van der Waals surface area contributed by atoms with Crippen molar-refractivity contribution in [2.24, 2.45) is 5.92 Å². The summed E-state index contributed by atoms with van der Waals surface area (Å²) in [5.74, 6) is 0.949. The molecule has 0 aromatic carbocycles. The summed E-state index contributed by atoms with van der Waals surface area (Å²) in [6.07, 6.45) is 4.96. The normalized spacial score (nSPS) is 16.7. The maximum Gasteiger partial charge on any atom is 0.500 e. The molecule has 16 heavy (non-hydrogen) atoms. The molecule has 5 heteroatoms. The lowest BCUT2D eigenvalue weighted by Crippen LogP contribution is -2.42. The Balaban J connectivity index is 1.98. The summed E-state index contributed by atoms with van der Waals surface area (Å²) >= 11 is 0. The van der Waals surface area contributed by atoms with E-state index in [2.05, 4.69) is 0 Å². The lowest BCUT2D eigenvalue weighted by atomic mass is 10.3. The molecule has 1 rings (SSSR count). The number of hydrogen-bond donors (Lipinski definition) is 0. The summed E-state index contributed by atoms with van der Waals surface area (Å²) in [6.45, 7) is 1.67. The van der Waals surface area contributed by atoms with E-state index in [9.17, 15) is 0 Å². The Morgan fingerprint density at radius 2 is 1.62 bits per heavy atom. The highest BCUT2D eigenvalue weighted by Gasteiger charge is 2.36. The van der Waals surface area contributed by atoms with E-state index in [0.717, 1.165) is 31.6 Å². The minimum atomic E-state index is -2.37. The van der Waals surface area contributed by atoms with Gasteiger partial charge in [0.25, 0.3) is 0 Å². The van der Waals surface area contributed by atoms with Crippen LogP contribution < -0.4 is 0 Å². The van der Waals surface area contributed by atoms with Crippen LogP contribution in [0.4, 0.5) is 0 Å². The molecule has 0 aliphatic heterocycles. The minimum Gasteiger partial charge on any atom is -0.381 e. The van der Waals surface area contributed by atoms with Crippen LogP contribution in [0.25, 0.3) is 0 Å². The Morgan fingerprint density at radius 1 is 1.00 bits per heavy atom. The van der Waals surface area contributed by atoms with E-state index in [1.165, 1.54) is 19.3 Å². The van der Waals surface area contributed by atoms with Crippen molar-refractivity contribution in [3.63, 3.8) is 0 Å². The molecule has 0 spiro atoms. The monoisotopic (exact) mass is 248 g/mol. The molecule has 0 unspecified atom stereocenters. The lowest BCUT2D eigenvalue weighted by molar-refractivity contribution is 0.105. The van der Waals surface area contributed by atoms with E-state index < -0.39 is 8.80 Å². The van der Waals surface area contributed by atoms with Crippen molar-refractivity contribution >= 4 is 8.80 Å². The maximum absolute atomic E-state index is 5.57. The fraction of sp³-hybridized carbons (Fsp3) is 1.00. The molecule has 1 aliphatic carbocycles. The topological polar surface area (TPSA) is 36.9 Å². The maximum atomic E-state index is 5.57. The Morgan fingerprint density at radius 3 is 2.12 bits per heavy atom. The van der Waals surface area contributed by atoms with Crippen LogP contribution in [0.15, 0.2) is 0 Å². The third kappa shape index (κ3) is 4.93. The molecule has 0 bridgehead atoms. The molecule has 1 fully saturated rings. The second-order valence-corrected chi connectivity index (χ2v) is 7.33. The predicted molar refractivity (Wildman–Crippen MR) is 64.4 cm³/mol. The van der Waals surface area contributed by atoms with Gasteiger partial charge < -0.3 is 18.0 Å². The molecule has 0 amide bonds. The molecule has 0 radical (unpaired) electrons. The van der Waals surface area contributed by atoms with Crippen LogP contribution in [0.5, 0.6) is 0 Å². The van der Waals surface area contributed by atoms with Crippen LogP contribution >= 0.6 is 0 Å². The zero-order chi connectivity index (χ0) is 11.9. The van der Waals surface area contributed by atoms with E-state index >= 15 is 0 Å². The van der Waals surface area contributed by atoms with Gasteiger partial charge >= 0.3 is 8.80 Å². The Kier molecular flexibility index (Phi) is 6.53. The van der Waals surface area contributed by atoms with E-state index in [0.29, 0.717) is 0 Å². The standard InChI is InChI=1S/C11H24O4Si/c1-12-16(13-2,14-3)10-4-8-15-9-7-11-5-6-11/h11H,4-10H2,1-3H3. The molecule has 0 aromatic rings. The molecule has 0 saturated heterocycles. The summed E-state index contributed by atoms with van der Waals surface area (Å²) in [4.78, 5) is 0. The largest absolute Gasteiger partial charge is 0.500 e. The van der Waals surface area contributed by atoms with Crippen molar-refractivity contribution in [2.45, 2.75) is 31.7 Å². The Bertz CT molecular complexity index is 173. The van der Waals surface area contributed by atoms with Crippen molar-refractivity contribution < 1.29 is 18.0 Å². The van der Waals surface area contributed by atoms with Gasteiger partial charge in [-0.15, -0.1) is 0 Å². The SMILES string of the molecule is CO[Si](CCCOCCC1CC1)(OC)OC. The van der Waals surface area contributed by atoms with Gasteiger partial charge in [-0.05, 0) is 18.8 Å². The van der Waals surface area contributed by atoms with Crippen LogP contribution in [-0.2, 0) is 18.0 Å². The molecular weight excluding hydrogens is 224 g/mol. The van der Waals surface area contributed by atoms with E-state index in [-0.39, 0.29) is 0 Å². The molecule has 0 N–H and O–H groups in total. The fourth-order valence-electron chi connectivity index (χ4n) is 1.71. The predicted octanol–water partition coefficient (Wildman–Crippen LogP) is 2.07. The highest BCUT2D eigenvalue weighted by Crippen LogP contribution is 2.32. The first-order chi connectivity index (χ1) is 7.76. The average Bonchev–Trinajstić information content (AvgIpc) is 3.13. The van der Waals surface area contributed by atoms with Gasteiger partial charge in [0.2, 0.25) is 0 Å². The first-order valence-electron chi connectivity index (χ1n) is 5.99. The highest BCUT2D eigenvalue weighted by atomic mass is 28.4. The first-order valence-corrected chi connectivity index (χ1v) is 7.92. The van der Waals surface area contributed by atoms with Crippen LogP contribution in [-0.4, -0.2) is 43.3 Å². The molecule has 1 aliphatic rings. The average molecular weight is 248 g/mol. The summed E-state index contributed by atoms with van der Waals surface area (Å²) in [6, 6.07) is 0.819. The third-order valence-corrected chi connectivity index (χ3v) is 5.90. The van der Waals surface area contributed by atoms with Crippen molar-refractivity contribution in [3.05, 3.63) is 0 Å². The highest BCUT2D eigenvalue weighted by molar-refractivity contribution is 6.60. The molecular formula is C11H24O4Si. The zero-order valence-corrected chi connectivity index (χ0v) is 11.7. The van der Waals surface area contributed by atoms with Crippen LogP contribution in [0, 0.1) is 5.92 Å². The van der Waals surface area contributed by atoms with E-state index in [4.69, 9.17) is 18.0 Å². The zero-order valence-electron chi connectivity index (χ0n) is 10.7. The Labute approximate surface area is 99.6 Å². The number of hydrogen-bond acceptors (Lipinski definition) is 4. The van der Waals surface area contributed by atoms with Crippen molar-refractivity contribution in [1.29, 1.82) is 0 Å². The van der Waals surface area contributed by atoms with E-state index in [1.807, 2.05) is 0 Å². The van der Waals surface area contributed by atoms with Gasteiger partial charge in [-0.3, -0.25) is 0 Å². The third-order valence-electron chi connectivity index (χ3n) is 3.07. The van der Waals surface area contributed by atoms with Gasteiger partial charge in [0.15, 0.2) is 0 Å². The molecule has 0 heterocycles. The van der Waals surface area contributed by atoms with E-state index in [1.54, 1.807) is 21.3 Å². The summed E-state index contributed by atoms with van der Waals surface area (Å²) < 4.78 is 21.6.